The van der Waals surface area contributed by atoms with Gasteiger partial charge >= 0.3 is 0 Å². The summed E-state index contributed by atoms with van der Waals surface area (Å²) < 4.78 is 10.8. The number of hydrogen-bond acceptors (Lipinski definition) is 7. The van der Waals surface area contributed by atoms with E-state index in [2.05, 4.69) is 0 Å². The van der Waals surface area contributed by atoms with Crippen LogP contribution in [0.1, 0.15) is 11.3 Å². The molecule has 0 unspecified atom stereocenters. The molecule has 0 N–H and O–H groups in total. The van der Waals surface area contributed by atoms with E-state index in [9.17, 15) is 19.7 Å². The zero-order valence-electron chi connectivity index (χ0n) is 16.9. The zero-order chi connectivity index (χ0) is 23.7. The molecule has 3 aromatic rings. The maximum atomic E-state index is 12.8. The Morgan fingerprint density at radius 2 is 1.94 bits per heavy atom. The zero-order valence-corrected chi connectivity index (χ0v) is 19.2. The molecule has 168 valence electrons. The summed E-state index contributed by atoms with van der Waals surface area (Å²) in [4.78, 5) is 37.4. The second-order valence-corrected chi connectivity index (χ2v) is 8.68. The summed E-state index contributed by atoms with van der Waals surface area (Å²) in [7, 11) is 1.41. The first-order valence-electron chi connectivity index (χ1n) is 9.38. The second kappa shape index (κ2) is 9.30. The lowest BCUT2D eigenvalue weighted by molar-refractivity contribution is -0.384. The van der Waals surface area contributed by atoms with Gasteiger partial charge in [-0.05, 0) is 53.7 Å². The van der Waals surface area contributed by atoms with Crippen LogP contribution in [0.5, 0.6) is 5.75 Å². The van der Waals surface area contributed by atoms with Crippen molar-refractivity contribution in [3.8, 4) is 17.1 Å². The number of imide groups is 1. The third kappa shape index (κ3) is 4.75. The number of methoxy groups -OCH3 is 1. The number of rotatable bonds is 6. The van der Waals surface area contributed by atoms with Gasteiger partial charge in [-0.3, -0.25) is 24.6 Å². The van der Waals surface area contributed by atoms with Gasteiger partial charge in [0.1, 0.15) is 17.3 Å². The van der Waals surface area contributed by atoms with Gasteiger partial charge in [-0.25, -0.2) is 0 Å². The molecule has 1 fully saturated rings. The quantitative estimate of drug-likeness (QED) is 0.217. The van der Waals surface area contributed by atoms with Crippen molar-refractivity contribution in [2.45, 2.75) is 6.54 Å². The minimum Gasteiger partial charge on any atom is -0.497 e. The molecule has 1 saturated heterocycles. The average Bonchev–Trinajstić information content (AvgIpc) is 3.35. The van der Waals surface area contributed by atoms with Crippen LogP contribution >= 0.6 is 35.0 Å². The van der Waals surface area contributed by atoms with Crippen LogP contribution in [0.4, 0.5) is 10.5 Å². The Morgan fingerprint density at radius 1 is 1.15 bits per heavy atom. The molecule has 2 aromatic carbocycles. The number of furan rings is 1. The molecule has 33 heavy (non-hydrogen) atoms. The number of nitro benzene ring substituents is 1. The monoisotopic (exact) mass is 504 g/mol. The molecule has 1 aromatic heterocycles. The summed E-state index contributed by atoms with van der Waals surface area (Å²) in [5, 5.41) is 11.8. The van der Waals surface area contributed by atoms with Crippen LogP contribution in [0.25, 0.3) is 17.4 Å². The van der Waals surface area contributed by atoms with Crippen LogP contribution in [0.3, 0.4) is 0 Å². The maximum absolute atomic E-state index is 12.8. The van der Waals surface area contributed by atoms with Crippen LogP contribution in [-0.2, 0) is 11.3 Å². The number of nitrogens with zero attached hydrogens (tertiary/aromatic N) is 2. The van der Waals surface area contributed by atoms with Gasteiger partial charge in [0, 0.05) is 16.1 Å². The van der Waals surface area contributed by atoms with Crippen molar-refractivity contribution in [2.24, 2.45) is 0 Å². The molecule has 0 saturated carbocycles. The predicted octanol–water partition coefficient (Wildman–Crippen LogP) is 6.41. The molecule has 11 heteroatoms. The van der Waals surface area contributed by atoms with Crippen LogP contribution in [-0.4, -0.2) is 28.1 Å². The summed E-state index contributed by atoms with van der Waals surface area (Å²) in [5.74, 6) is 0.351. The number of ether oxygens (including phenoxy) is 1. The van der Waals surface area contributed by atoms with Gasteiger partial charge in [0.25, 0.3) is 16.8 Å². The number of carbonyl (C=O) groups is 2. The van der Waals surface area contributed by atoms with Crippen molar-refractivity contribution < 1.29 is 23.7 Å². The lowest BCUT2D eigenvalue weighted by Crippen LogP contribution is -2.27. The van der Waals surface area contributed by atoms with Crippen LogP contribution in [0, 0.1) is 10.1 Å². The Kier molecular flexibility index (Phi) is 6.46. The van der Waals surface area contributed by atoms with E-state index in [1.807, 2.05) is 0 Å². The first kappa shape index (κ1) is 22.9. The van der Waals surface area contributed by atoms with E-state index in [0.717, 1.165) is 16.7 Å². The van der Waals surface area contributed by atoms with E-state index in [1.165, 1.54) is 31.4 Å². The van der Waals surface area contributed by atoms with E-state index in [4.69, 9.17) is 32.4 Å². The van der Waals surface area contributed by atoms with Crippen molar-refractivity contribution in [3.05, 3.63) is 84.9 Å². The lowest BCUT2D eigenvalue weighted by atomic mass is 10.1. The Morgan fingerprint density at radius 3 is 2.64 bits per heavy atom. The molecular weight excluding hydrogens is 491 g/mol. The van der Waals surface area contributed by atoms with Gasteiger partial charge in [-0.2, -0.15) is 0 Å². The fraction of sp³-hybridized carbons (Fsp3) is 0.0909. The van der Waals surface area contributed by atoms with E-state index >= 15 is 0 Å². The average molecular weight is 505 g/mol. The van der Waals surface area contributed by atoms with Crippen LogP contribution < -0.4 is 4.74 Å². The second-order valence-electron chi connectivity index (χ2n) is 6.85. The fourth-order valence-electron chi connectivity index (χ4n) is 3.16. The van der Waals surface area contributed by atoms with Crippen molar-refractivity contribution in [3.63, 3.8) is 0 Å². The number of nitro groups is 1. The Labute approximate surface area is 201 Å². The molecule has 1 aliphatic rings. The van der Waals surface area contributed by atoms with Crippen molar-refractivity contribution >= 4 is 57.9 Å². The summed E-state index contributed by atoms with van der Waals surface area (Å²) in [6.07, 6.45) is 1.42. The fourth-order valence-corrected chi connectivity index (χ4v) is 4.45. The third-order valence-corrected chi connectivity index (χ3v) is 6.28. The Hall–Kier alpha value is -3.27. The molecule has 0 bridgehead atoms. The Bertz CT molecular complexity index is 1320. The molecule has 2 amide bonds. The van der Waals surface area contributed by atoms with Gasteiger partial charge in [-0.1, -0.05) is 29.3 Å². The van der Waals surface area contributed by atoms with Crippen molar-refractivity contribution in [2.75, 3.05) is 7.11 Å². The van der Waals surface area contributed by atoms with E-state index < -0.39 is 16.1 Å². The SMILES string of the molecule is COc1ccc(-c2ccc(/C=C3/SC(=O)N(Cc4ccc(Cl)cc4Cl)C3=O)o2)c([N+](=O)[O-])c1. The number of carbonyl (C=O) groups excluding carboxylic acids is 2. The molecule has 2 heterocycles. The predicted molar refractivity (Wildman–Crippen MR) is 125 cm³/mol. The van der Waals surface area contributed by atoms with Crippen LogP contribution in [0.2, 0.25) is 10.0 Å². The minimum atomic E-state index is -0.534. The van der Waals surface area contributed by atoms with Gasteiger partial charge < -0.3 is 9.15 Å². The van der Waals surface area contributed by atoms with Crippen LogP contribution in [0.15, 0.2) is 57.9 Å². The van der Waals surface area contributed by atoms with Gasteiger partial charge in [0.15, 0.2) is 0 Å². The maximum Gasteiger partial charge on any atom is 0.293 e. The number of thioether (sulfide) groups is 1. The highest BCUT2D eigenvalue weighted by molar-refractivity contribution is 8.18. The third-order valence-electron chi connectivity index (χ3n) is 4.78. The van der Waals surface area contributed by atoms with Crippen molar-refractivity contribution in [1.29, 1.82) is 0 Å². The number of hydrogen-bond donors (Lipinski definition) is 0. The smallest absolute Gasteiger partial charge is 0.293 e. The lowest BCUT2D eigenvalue weighted by Gasteiger charge is -2.13. The number of halogens is 2. The molecular formula is C22H14Cl2N2O6S. The highest BCUT2D eigenvalue weighted by Gasteiger charge is 2.35. The standard InChI is InChI=1S/C22H14Cl2N2O6S/c1-31-14-4-6-16(18(9-14)26(29)30)19-7-5-15(32-19)10-20-21(27)25(22(28)33-20)11-12-2-3-13(23)8-17(12)24/h2-10H,11H2,1H3/b20-10+. The van der Waals surface area contributed by atoms with Gasteiger partial charge in [0.2, 0.25) is 0 Å². The molecule has 0 aliphatic carbocycles. The molecule has 0 radical (unpaired) electrons. The summed E-state index contributed by atoms with van der Waals surface area (Å²) in [5.41, 5.74) is 0.651. The minimum absolute atomic E-state index is 0.000539. The highest BCUT2D eigenvalue weighted by Crippen LogP contribution is 2.37. The van der Waals surface area contributed by atoms with E-state index in [-0.39, 0.29) is 34.2 Å². The largest absolute Gasteiger partial charge is 0.497 e. The van der Waals surface area contributed by atoms with Crippen molar-refractivity contribution in [1.82, 2.24) is 4.90 Å². The molecule has 4 rings (SSSR count). The first-order valence-corrected chi connectivity index (χ1v) is 11.0. The number of benzene rings is 2. The summed E-state index contributed by atoms with van der Waals surface area (Å²) in [6, 6.07) is 12.3. The molecule has 0 atom stereocenters. The normalized spacial score (nSPS) is 14.9. The molecule has 1 aliphatic heterocycles. The topological polar surface area (TPSA) is 103 Å². The molecule has 0 spiro atoms. The van der Waals surface area contributed by atoms with E-state index in [0.29, 0.717) is 21.4 Å². The first-order chi connectivity index (χ1) is 15.8. The summed E-state index contributed by atoms with van der Waals surface area (Å²) in [6.45, 7) is -0.000539. The van der Waals surface area contributed by atoms with E-state index in [1.54, 1.807) is 30.3 Å². The summed E-state index contributed by atoms with van der Waals surface area (Å²) >= 11 is 12.8. The van der Waals surface area contributed by atoms with Gasteiger partial charge in [-0.15, -0.1) is 0 Å². The highest BCUT2D eigenvalue weighted by atomic mass is 35.5. The van der Waals surface area contributed by atoms with Gasteiger partial charge in [0.05, 0.1) is 35.1 Å². The Balaban J connectivity index is 1.58. The number of amides is 2. The molecule has 8 nitrogen and oxygen atoms in total.